The molecule has 0 radical (unpaired) electrons. The van der Waals surface area contributed by atoms with Gasteiger partial charge >= 0.3 is 0 Å². The molecule has 4 rings (SSSR count). The minimum absolute atomic E-state index is 0.831. The van der Waals surface area contributed by atoms with E-state index in [9.17, 15) is 0 Å². The third-order valence-corrected chi connectivity index (χ3v) is 5.08. The number of ether oxygens (including phenoxy) is 1. The largest absolute Gasteiger partial charge is 0.457 e. The lowest BCUT2D eigenvalue weighted by Crippen LogP contribution is -2.17. The molecular weight excluding hydrogens is 342 g/mol. The summed E-state index contributed by atoms with van der Waals surface area (Å²) in [5.74, 6) is 1.67. The summed E-state index contributed by atoms with van der Waals surface area (Å²) in [5, 5.41) is 0. The minimum Gasteiger partial charge on any atom is -0.457 e. The van der Waals surface area contributed by atoms with Crippen LogP contribution in [0.4, 0.5) is 5.69 Å². The second kappa shape index (κ2) is 8.62. The van der Waals surface area contributed by atoms with Crippen LogP contribution < -0.4 is 9.64 Å². The molecule has 1 aliphatic rings. The van der Waals surface area contributed by atoms with Gasteiger partial charge in [-0.2, -0.15) is 0 Å². The van der Waals surface area contributed by atoms with Gasteiger partial charge in [-0.15, -0.1) is 0 Å². The van der Waals surface area contributed by atoms with Crippen LogP contribution in [0.5, 0.6) is 11.5 Å². The molecule has 2 heteroatoms. The van der Waals surface area contributed by atoms with E-state index in [1.54, 1.807) is 0 Å². The van der Waals surface area contributed by atoms with Crippen molar-refractivity contribution in [3.63, 3.8) is 0 Å². The number of hydrogen-bond donors (Lipinski definition) is 0. The average molecular weight is 367 g/mol. The van der Waals surface area contributed by atoms with Gasteiger partial charge in [-0.1, -0.05) is 61.2 Å². The van der Waals surface area contributed by atoms with Gasteiger partial charge in [0.05, 0.1) is 0 Å². The van der Waals surface area contributed by atoms with Crippen molar-refractivity contribution in [3.05, 3.63) is 109 Å². The predicted octanol–water partition coefficient (Wildman–Crippen LogP) is 6.70. The van der Waals surface area contributed by atoms with Gasteiger partial charge in [-0.3, -0.25) is 0 Å². The number of rotatable bonds is 6. The highest BCUT2D eigenvalue weighted by Gasteiger charge is 2.12. The Morgan fingerprint density at radius 2 is 1.32 bits per heavy atom. The number of hydrogen-bond acceptors (Lipinski definition) is 2. The molecule has 3 aromatic carbocycles. The highest BCUT2D eigenvalue weighted by atomic mass is 16.5. The number of para-hydroxylation sites is 1. The lowest BCUT2D eigenvalue weighted by atomic mass is 9.97. The fraction of sp³-hybridized carbons (Fsp3) is 0.154. The van der Waals surface area contributed by atoms with Gasteiger partial charge in [0.2, 0.25) is 0 Å². The Balaban J connectivity index is 1.54. The number of anilines is 1. The molecule has 28 heavy (non-hydrogen) atoms. The van der Waals surface area contributed by atoms with E-state index in [4.69, 9.17) is 4.74 Å². The van der Waals surface area contributed by atoms with Crippen molar-refractivity contribution in [2.45, 2.75) is 12.8 Å². The van der Waals surface area contributed by atoms with Crippen LogP contribution in [0.1, 0.15) is 24.0 Å². The first-order chi connectivity index (χ1) is 13.8. The average Bonchev–Trinajstić information content (AvgIpc) is 3.29. The SMILES string of the molecule is C=CC=C(c1ccc(Oc2ccccc2)cc1)c1ccc(N2CCCC2)cc1. The monoisotopic (exact) mass is 367 g/mol. The Morgan fingerprint density at radius 3 is 1.93 bits per heavy atom. The van der Waals surface area contributed by atoms with Crippen LogP contribution in [-0.2, 0) is 0 Å². The summed E-state index contributed by atoms with van der Waals surface area (Å²) in [5.41, 5.74) is 4.81. The van der Waals surface area contributed by atoms with Crippen molar-refractivity contribution in [2.24, 2.45) is 0 Å². The summed E-state index contributed by atoms with van der Waals surface area (Å²) >= 11 is 0. The van der Waals surface area contributed by atoms with Crippen molar-refractivity contribution in [1.29, 1.82) is 0 Å². The normalized spacial score (nSPS) is 14.1. The molecule has 0 unspecified atom stereocenters. The number of allylic oxidation sites excluding steroid dienone is 2. The van der Waals surface area contributed by atoms with Gasteiger partial charge in [0.15, 0.2) is 0 Å². The zero-order valence-corrected chi connectivity index (χ0v) is 16.1. The zero-order valence-electron chi connectivity index (χ0n) is 16.1. The first kappa shape index (κ1) is 18.1. The van der Waals surface area contributed by atoms with Crippen LogP contribution in [0, 0.1) is 0 Å². The van der Waals surface area contributed by atoms with Crippen molar-refractivity contribution in [1.82, 2.24) is 0 Å². The molecule has 0 saturated carbocycles. The summed E-state index contributed by atoms with van der Waals surface area (Å²) < 4.78 is 5.91. The molecule has 1 heterocycles. The molecule has 0 N–H and O–H groups in total. The molecule has 0 amide bonds. The summed E-state index contributed by atoms with van der Waals surface area (Å²) in [4.78, 5) is 2.45. The quantitative estimate of drug-likeness (QED) is 0.450. The Hall–Kier alpha value is -3.26. The molecular formula is C26H25NO. The smallest absolute Gasteiger partial charge is 0.127 e. The Labute approximate surface area is 167 Å². The number of benzene rings is 3. The zero-order chi connectivity index (χ0) is 19.2. The maximum Gasteiger partial charge on any atom is 0.127 e. The van der Waals surface area contributed by atoms with Gasteiger partial charge in [0.1, 0.15) is 11.5 Å². The van der Waals surface area contributed by atoms with E-state index in [0.29, 0.717) is 0 Å². The molecule has 0 spiro atoms. The third kappa shape index (κ3) is 4.17. The van der Waals surface area contributed by atoms with Crippen LogP contribution in [0.3, 0.4) is 0 Å². The van der Waals surface area contributed by atoms with E-state index in [1.165, 1.54) is 24.1 Å². The lowest BCUT2D eigenvalue weighted by Gasteiger charge is -2.18. The predicted molar refractivity (Wildman–Crippen MR) is 118 cm³/mol. The molecule has 1 aliphatic heterocycles. The topological polar surface area (TPSA) is 12.5 Å². The maximum atomic E-state index is 5.91. The fourth-order valence-corrected chi connectivity index (χ4v) is 3.63. The lowest BCUT2D eigenvalue weighted by molar-refractivity contribution is 0.482. The minimum atomic E-state index is 0.831. The van der Waals surface area contributed by atoms with Gasteiger partial charge in [-0.05, 0) is 65.9 Å². The highest BCUT2D eigenvalue weighted by molar-refractivity contribution is 5.81. The van der Waals surface area contributed by atoms with Gasteiger partial charge in [-0.25, -0.2) is 0 Å². The van der Waals surface area contributed by atoms with E-state index >= 15 is 0 Å². The molecule has 0 aromatic heterocycles. The van der Waals surface area contributed by atoms with Gasteiger partial charge < -0.3 is 9.64 Å². The van der Waals surface area contributed by atoms with Crippen molar-refractivity contribution in [3.8, 4) is 11.5 Å². The van der Waals surface area contributed by atoms with Crippen LogP contribution >= 0.6 is 0 Å². The Kier molecular flexibility index (Phi) is 5.58. The molecule has 0 atom stereocenters. The van der Waals surface area contributed by atoms with E-state index < -0.39 is 0 Å². The van der Waals surface area contributed by atoms with Crippen LogP contribution in [-0.4, -0.2) is 13.1 Å². The molecule has 0 bridgehead atoms. The third-order valence-electron chi connectivity index (χ3n) is 5.08. The molecule has 1 saturated heterocycles. The summed E-state index contributed by atoms with van der Waals surface area (Å²) in [6, 6.07) is 26.9. The summed E-state index contributed by atoms with van der Waals surface area (Å²) in [7, 11) is 0. The van der Waals surface area contributed by atoms with Crippen molar-refractivity contribution >= 4 is 11.3 Å². The summed E-state index contributed by atoms with van der Waals surface area (Å²) in [6.07, 6.45) is 6.50. The first-order valence-corrected chi connectivity index (χ1v) is 9.85. The Bertz CT molecular complexity index is 934. The van der Waals surface area contributed by atoms with Gasteiger partial charge in [0.25, 0.3) is 0 Å². The molecule has 0 aliphatic carbocycles. The Morgan fingerprint density at radius 1 is 0.750 bits per heavy atom. The maximum absolute atomic E-state index is 5.91. The van der Waals surface area contributed by atoms with Crippen molar-refractivity contribution in [2.75, 3.05) is 18.0 Å². The summed E-state index contributed by atoms with van der Waals surface area (Å²) in [6.45, 7) is 6.22. The van der Waals surface area contributed by atoms with E-state index in [0.717, 1.165) is 35.7 Å². The van der Waals surface area contributed by atoms with E-state index in [2.05, 4.69) is 54.0 Å². The standard InChI is InChI=1S/C26H25NO/c1-2-8-26(21-11-15-23(16-12-21)27-19-6-7-20-27)22-13-17-25(18-14-22)28-24-9-4-3-5-10-24/h2-5,8-18H,1,6-7,19-20H2. The number of nitrogens with zero attached hydrogens (tertiary/aromatic N) is 1. The van der Waals surface area contributed by atoms with Gasteiger partial charge in [0, 0.05) is 18.8 Å². The van der Waals surface area contributed by atoms with Crippen LogP contribution in [0.2, 0.25) is 0 Å². The van der Waals surface area contributed by atoms with Crippen LogP contribution in [0.15, 0.2) is 97.6 Å². The second-order valence-electron chi connectivity index (χ2n) is 7.00. The highest BCUT2D eigenvalue weighted by Crippen LogP contribution is 2.29. The van der Waals surface area contributed by atoms with E-state index in [-0.39, 0.29) is 0 Å². The first-order valence-electron chi connectivity index (χ1n) is 9.85. The molecule has 1 fully saturated rings. The van der Waals surface area contributed by atoms with E-state index in [1.807, 2.05) is 48.5 Å². The second-order valence-corrected chi connectivity index (χ2v) is 7.00. The van der Waals surface area contributed by atoms with Crippen molar-refractivity contribution < 1.29 is 4.74 Å². The fourth-order valence-electron chi connectivity index (χ4n) is 3.63. The molecule has 2 nitrogen and oxygen atoms in total. The molecule has 140 valence electrons. The van der Waals surface area contributed by atoms with Crippen LogP contribution in [0.25, 0.3) is 5.57 Å². The molecule has 3 aromatic rings.